The van der Waals surface area contributed by atoms with Crippen molar-refractivity contribution in [2.75, 3.05) is 32.1 Å². The zero-order valence-corrected chi connectivity index (χ0v) is 18.0. The van der Waals surface area contributed by atoms with Crippen LogP contribution in [0.3, 0.4) is 0 Å². The fourth-order valence-corrected chi connectivity index (χ4v) is 3.96. The van der Waals surface area contributed by atoms with Crippen molar-refractivity contribution in [3.8, 4) is 11.1 Å². The molecule has 0 radical (unpaired) electrons. The molecule has 1 saturated heterocycles. The molecule has 31 heavy (non-hydrogen) atoms. The van der Waals surface area contributed by atoms with Crippen molar-refractivity contribution >= 4 is 11.9 Å². The van der Waals surface area contributed by atoms with E-state index in [1.807, 2.05) is 32.0 Å². The Hall–Kier alpha value is -3.35. The van der Waals surface area contributed by atoms with E-state index in [1.165, 1.54) is 12.1 Å². The number of amides is 1. The zero-order valence-electron chi connectivity index (χ0n) is 18.0. The van der Waals surface area contributed by atoms with Crippen molar-refractivity contribution < 1.29 is 9.18 Å². The van der Waals surface area contributed by atoms with Gasteiger partial charge in [0.2, 0.25) is 5.95 Å². The number of hydrogen-bond acceptors (Lipinski definition) is 5. The summed E-state index contributed by atoms with van der Waals surface area (Å²) in [7, 11) is 3.72. The first kappa shape index (κ1) is 20.9. The standard InChI is InChI=1S/C24H26FN5O/c1-16-11-19(17-6-8-21(25)9-7-17)12-22(28-16)18-5-4-10-30(15-18)23(31)20-13-26-24(27-14-20)29(2)3/h6-9,11-14,18H,4-5,10,15H2,1-3H3. The summed E-state index contributed by atoms with van der Waals surface area (Å²) in [5, 5.41) is 0. The van der Waals surface area contributed by atoms with Crippen molar-refractivity contribution in [3.63, 3.8) is 0 Å². The smallest absolute Gasteiger partial charge is 0.257 e. The highest BCUT2D eigenvalue weighted by molar-refractivity contribution is 5.93. The molecule has 4 rings (SSSR count). The van der Waals surface area contributed by atoms with E-state index >= 15 is 0 Å². The lowest BCUT2D eigenvalue weighted by atomic mass is 9.92. The van der Waals surface area contributed by atoms with Gasteiger partial charge in [0.15, 0.2) is 0 Å². The van der Waals surface area contributed by atoms with E-state index in [9.17, 15) is 9.18 Å². The number of rotatable bonds is 4. The minimum atomic E-state index is -0.251. The molecule has 1 amide bonds. The third-order valence-corrected chi connectivity index (χ3v) is 5.56. The van der Waals surface area contributed by atoms with Crippen LogP contribution in [-0.2, 0) is 0 Å². The van der Waals surface area contributed by atoms with Gasteiger partial charge in [-0.1, -0.05) is 12.1 Å². The zero-order chi connectivity index (χ0) is 22.0. The predicted octanol–water partition coefficient (Wildman–Crippen LogP) is 4.07. The number of aromatic nitrogens is 3. The molecule has 0 bridgehead atoms. The Bertz CT molecular complexity index is 1070. The van der Waals surface area contributed by atoms with Crippen LogP contribution in [-0.4, -0.2) is 52.9 Å². The van der Waals surface area contributed by atoms with E-state index in [0.717, 1.165) is 35.4 Å². The lowest BCUT2D eigenvalue weighted by molar-refractivity contribution is 0.0705. The fraction of sp³-hybridized carbons (Fsp3) is 0.333. The molecule has 1 aliphatic rings. The van der Waals surface area contributed by atoms with Crippen molar-refractivity contribution in [3.05, 3.63) is 71.6 Å². The Labute approximate surface area is 181 Å². The van der Waals surface area contributed by atoms with Crippen LogP contribution in [0.4, 0.5) is 10.3 Å². The second kappa shape index (κ2) is 8.79. The predicted molar refractivity (Wildman–Crippen MR) is 119 cm³/mol. The van der Waals surface area contributed by atoms with Gasteiger partial charge in [-0.2, -0.15) is 0 Å². The molecule has 7 heteroatoms. The molecule has 0 saturated carbocycles. The number of hydrogen-bond donors (Lipinski definition) is 0. The maximum atomic E-state index is 13.3. The molecule has 160 valence electrons. The molecule has 1 aromatic carbocycles. The Morgan fingerprint density at radius 2 is 1.81 bits per heavy atom. The summed E-state index contributed by atoms with van der Waals surface area (Å²) in [6.45, 7) is 3.28. The first-order chi connectivity index (χ1) is 14.9. The number of anilines is 1. The molecule has 3 heterocycles. The van der Waals surface area contributed by atoms with Gasteiger partial charge >= 0.3 is 0 Å². The van der Waals surface area contributed by atoms with Crippen molar-refractivity contribution in [1.29, 1.82) is 0 Å². The number of aryl methyl sites for hydroxylation is 1. The molecule has 1 fully saturated rings. The van der Waals surface area contributed by atoms with Gasteiger partial charge in [0.05, 0.1) is 5.56 Å². The average molecular weight is 420 g/mol. The van der Waals surface area contributed by atoms with Crippen molar-refractivity contribution in [2.24, 2.45) is 0 Å². The van der Waals surface area contributed by atoms with Crippen LogP contribution in [0.1, 0.15) is 40.5 Å². The molecule has 1 aliphatic heterocycles. The fourth-order valence-electron chi connectivity index (χ4n) is 3.96. The van der Waals surface area contributed by atoms with Crippen LogP contribution in [0.2, 0.25) is 0 Å². The van der Waals surface area contributed by atoms with Crippen LogP contribution >= 0.6 is 0 Å². The summed E-state index contributed by atoms with van der Waals surface area (Å²) in [6.07, 6.45) is 5.06. The maximum Gasteiger partial charge on any atom is 0.257 e. The second-order valence-corrected chi connectivity index (χ2v) is 8.19. The van der Waals surface area contributed by atoms with Crippen LogP contribution in [0.25, 0.3) is 11.1 Å². The van der Waals surface area contributed by atoms with E-state index in [0.29, 0.717) is 24.6 Å². The summed E-state index contributed by atoms with van der Waals surface area (Å²) in [4.78, 5) is 30.0. The third-order valence-electron chi connectivity index (χ3n) is 5.56. The monoisotopic (exact) mass is 419 g/mol. The highest BCUT2D eigenvalue weighted by Crippen LogP contribution is 2.30. The molecule has 3 aromatic rings. The molecular weight excluding hydrogens is 393 g/mol. The molecule has 2 aromatic heterocycles. The molecule has 0 aliphatic carbocycles. The normalized spacial score (nSPS) is 16.3. The van der Waals surface area contributed by atoms with Crippen LogP contribution < -0.4 is 4.90 Å². The number of piperidine rings is 1. The number of likely N-dealkylation sites (tertiary alicyclic amines) is 1. The van der Waals surface area contributed by atoms with Gasteiger partial charge < -0.3 is 9.80 Å². The molecule has 6 nitrogen and oxygen atoms in total. The minimum Gasteiger partial charge on any atom is -0.347 e. The third kappa shape index (κ3) is 4.71. The van der Waals surface area contributed by atoms with Gasteiger partial charge in [0.25, 0.3) is 5.91 Å². The Kier molecular flexibility index (Phi) is 5.93. The van der Waals surface area contributed by atoms with E-state index in [2.05, 4.69) is 16.0 Å². The summed E-state index contributed by atoms with van der Waals surface area (Å²) in [5.41, 5.74) is 4.34. The van der Waals surface area contributed by atoms with E-state index < -0.39 is 0 Å². The lowest BCUT2D eigenvalue weighted by Gasteiger charge is -2.32. The first-order valence-corrected chi connectivity index (χ1v) is 10.4. The molecule has 0 N–H and O–H groups in total. The summed E-state index contributed by atoms with van der Waals surface area (Å²) >= 11 is 0. The summed E-state index contributed by atoms with van der Waals surface area (Å²) in [6, 6.07) is 10.6. The maximum absolute atomic E-state index is 13.3. The van der Waals surface area contributed by atoms with Gasteiger partial charge in [-0.3, -0.25) is 9.78 Å². The molecule has 1 unspecified atom stereocenters. The Morgan fingerprint density at radius 1 is 1.10 bits per heavy atom. The van der Waals surface area contributed by atoms with Crippen molar-refractivity contribution in [2.45, 2.75) is 25.7 Å². The number of benzene rings is 1. The van der Waals surface area contributed by atoms with E-state index in [1.54, 1.807) is 29.4 Å². The SMILES string of the molecule is Cc1cc(-c2ccc(F)cc2)cc(C2CCCN(C(=O)c3cnc(N(C)C)nc3)C2)n1. The van der Waals surface area contributed by atoms with Gasteiger partial charge in [-0.15, -0.1) is 0 Å². The lowest BCUT2D eigenvalue weighted by Crippen LogP contribution is -2.39. The van der Waals surface area contributed by atoms with E-state index in [-0.39, 0.29) is 17.6 Å². The number of pyridine rings is 1. The van der Waals surface area contributed by atoms with Crippen molar-refractivity contribution in [1.82, 2.24) is 19.9 Å². The van der Waals surface area contributed by atoms with Gasteiger partial charge in [0, 0.05) is 56.9 Å². The Morgan fingerprint density at radius 3 is 2.48 bits per heavy atom. The molecular formula is C24H26FN5O. The number of halogens is 1. The topological polar surface area (TPSA) is 62.2 Å². The largest absolute Gasteiger partial charge is 0.347 e. The molecule has 1 atom stereocenters. The van der Waals surface area contributed by atoms with Crippen LogP contribution in [0, 0.1) is 12.7 Å². The van der Waals surface area contributed by atoms with Crippen LogP contribution in [0.15, 0.2) is 48.8 Å². The number of nitrogens with zero attached hydrogens (tertiary/aromatic N) is 5. The highest BCUT2D eigenvalue weighted by Gasteiger charge is 2.27. The highest BCUT2D eigenvalue weighted by atomic mass is 19.1. The second-order valence-electron chi connectivity index (χ2n) is 8.19. The van der Waals surface area contributed by atoms with Gasteiger partial charge in [-0.25, -0.2) is 14.4 Å². The first-order valence-electron chi connectivity index (χ1n) is 10.4. The number of carbonyl (C=O) groups is 1. The average Bonchev–Trinajstić information content (AvgIpc) is 2.79. The van der Waals surface area contributed by atoms with Gasteiger partial charge in [-0.05, 0) is 55.2 Å². The number of carbonyl (C=O) groups excluding carboxylic acids is 1. The minimum absolute atomic E-state index is 0.0542. The Balaban J connectivity index is 1.54. The summed E-state index contributed by atoms with van der Waals surface area (Å²) < 4.78 is 13.3. The molecule has 0 spiro atoms. The van der Waals surface area contributed by atoms with Gasteiger partial charge in [0.1, 0.15) is 5.82 Å². The van der Waals surface area contributed by atoms with E-state index in [4.69, 9.17) is 4.98 Å². The summed E-state index contributed by atoms with van der Waals surface area (Å²) in [5.74, 6) is 0.421. The van der Waals surface area contributed by atoms with Crippen LogP contribution in [0.5, 0.6) is 0 Å². The quantitative estimate of drug-likeness (QED) is 0.638.